The predicted molar refractivity (Wildman–Crippen MR) is 46.0 cm³/mol. The van der Waals surface area contributed by atoms with Gasteiger partial charge in [-0.2, -0.15) is 0 Å². The number of nitrogens with zero attached hydrogens (tertiary/aromatic N) is 2. The fourth-order valence-electron chi connectivity index (χ4n) is 1.50. The third-order valence-electron chi connectivity index (χ3n) is 2.37. The van der Waals surface area contributed by atoms with Crippen LogP contribution in [0.2, 0.25) is 0 Å². The lowest BCUT2D eigenvalue weighted by Gasteiger charge is -1.97. The summed E-state index contributed by atoms with van der Waals surface area (Å²) in [5, 5.41) is 0. The van der Waals surface area contributed by atoms with Crippen LogP contribution in [0.25, 0.3) is 5.52 Å². The van der Waals surface area contributed by atoms with E-state index in [0.29, 0.717) is 0 Å². The minimum Gasteiger partial charge on any atom is -0.297 e. The first-order valence-corrected chi connectivity index (χ1v) is 4.28. The number of pyridine rings is 1. The first kappa shape index (κ1) is 6.23. The van der Waals surface area contributed by atoms with E-state index in [0.717, 1.165) is 11.4 Å². The topological polar surface area (TPSA) is 17.3 Å². The SMILES string of the molecule is [c]1c(C2CC2)ccc2cncn12. The Morgan fingerprint density at radius 1 is 1.42 bits per heavy atom. The third kappa shape index (κ3) is 0.843. The van der Waals surface area contributed by atoms with Crippen molar-refractivity contribution >= 4 is 5.52 Å². The lowest BCUT2D eigenvalue weighted by atomic mass is 10.2. The fraction of sp³-hybridized carbons (Fsp3) is 0.300. The molecule has 0 spiro atoms. The number of hydrogen-bond donors (Lipinski definition) is 0. The van der Waals surface area contributed by atoms with Crippen molar-refractivity contribution in [3.63, 3.8) is 0 Å². The molecule has 2 aromatic heterocycles. The molecule has 12 heavy (non-hydrogen) atoms. The average molecular weight is 157 g/mol. The first-order chi connectivity index (χ1) is 5.93. The van der Waals surface area contributed by atoms with E-state index in [2.05, 4.69) is 23.3 Å². The Bertz CT molecular complexity index is 412. The minimum atomic E-state index is 0.775. The van der Waals surface area contributed by atoms with Gasteiger partial charge in [0.25, 0.3) is 0 Å². The van der Waals surface area contributed by atoms with Crippen molar-refractivity contribution in [3.8, 4) is 0 Å². The second-order valence-corrected chi connectivity index (χ2v) is 3.36. The zero-order chi connectivity index (χ0) is 7.97. The van der Waals surface area contributed by atoms with Gasteiger partial charge in [-0.15, -0.1) is 0 Å². The van der Waals surface area contributed by atoms with Crippen LogP contribution in [0.15, 0.2) is 24.7 Å². The first-order valence-electron chi connectivity index (χ1n) is 4.28. The summed E-state index contributed by atoms with van der Waals surface area (Å²) in [4.78, 5) is 4.05. The van der Waals surface area contributed by atoms with Gasteiger partial charge in [0.1, 0.15) is 0 Å². The second-order valence-electron chi connectivity index (χ2n) is 3.36. The zero-order valence-corrected chi connectivity index (χ0v) is 6.70. The molecule has 0 N–H and O–H groups in total. The highest BCUT2D eigenvalue weighted by Crippen LogP contribution is 2.39. The van der Waals surface area contributed by atoms with Gasteiger partial charge in [-0.25, -0.2) is 4.98 Å². The number of rotatable bonds is 1. The molecule has 59 valence electrons. The van der Waals surface area contributed by atoms with Crippen molar-refractivity contribution in [1.29, 1.82) is 0 Å². The number of hydrogen-bond acceptors (Lipinski definition) is 1. The highest BCUT2D eigenvalue weighted by Gasteiger charge is 2.23. The highest BCUT2D eigenvalue weighted by atomic mass is 15.0. The standard InChI is InChI=1S/C10H9N2/c1-2-8(1)9-3-4-10-5-11-7-12(10)6-9/h3-5,7-8H,1-2H2. The van der Waals surface area contributed by atoms with Crippen molar-refractivity contribution in [1.82, 2.24) is 9.38 Å². The van der Waals surface area contributed by atoms with Gasteiger partial charge < -0.3 is 0 Å². The van der Waals surface area contributed by atoms with Crippen LogP contribution in [0.3, 0.4) is 0 Å². The van der Waals surface area contributed by atoms with E-state index in [9.17, 15) is 0 Å². The lowest BCUT2D eigenvalue weighted by Crippen LogP contribution is -1.86. The van der Waals surface area contributed by atoms with Crippen LogP contribution in [-0.2, 0) is 0 Å². The van der Waals surface area contributed by atoms with E-state index < -0.39 is 0 Å². The number of imidazole rings is 1. The van der Waals surface area contributed by atoms with Crippen LogP contribution >= 0.6 is 0 Å². The van der Waals surface area contributed by atoms with Crippen molar-refractivity contribution in [2.45, 2.75) is 18.8 Å². The summed E-state index contributed by atoms with van der Waals surface area (Å²) in [6, 6.07) is 4.27. The molecule has 3 rings (SSSR count). The van der Waals surface area contributed by atoms with E-state index in [1.165, 1.54) is 18.4 Å². The second kappa shape index (κ2) is 2.09. The monoisotopic (exact) mass is 157 g/mol. The van der Waals surface area contributed by atoms with Crippen LogP contribution in [0.5, 0.6) is 0 Å². The Kier molecular flexibility index (Phi) is 1.09. The molecule has 2 aromatic rings. The van der Waals surface area contributed by atoms with Gasteiger partial charge in [-0.1, -0.05) is 6.07 Å². The maximum absolute atomic E-state index is 4.05. The maximum atomic E-state index is 4.05. The molecular formula is C10H9N2. The third-order valence-corrected chi connectivity index (χ3v) is 2.37. The van der Waals surface area contributed by atoms with Crippen LogP contribution in [0.1, 0.15) is 24.3 Å². The zero-order valence-electron chi connectivity index (χ0n) is 6.70. The molecular weight excluding hydrogens is 148 g/mol. The number of fused-ring (bicyclic) bond motifs is 1. The smallest absolute Gasteiger partial charge is 0.0997 e. The summed E-state index contributed by atoms with van der Waals surface area (Å²) < 4.78 is 1.97. The van der Waals surface area contributed by atoms with Gasteiger partial charge in [-0.05, 0) is 30.4 Å². The predicted octanol–water partition coefficient (Wildman–Crippen LogP) is 2.01. The molecule has 1 fully saturated rings. The van der Waals surface area contributed by atoms with E-state index in [4.69, 9.17) is 0 Å². The molecule has 1 aliphatic carbocycles. The summed E-state index contributed by atoms with van der Waals surface area (Å²) in [6.07, 6.45) is 9.64. The molecule has 0 amide bonds. The molecule has 0 bridgehead atoms. The van der Waals surface area contributed by atoms with Gasteiger partial charge in [0, 0.05) is 0 Å². The summed E-state index contributed by atoms with van der Waals surface area (Å²) >= 11 is 0. The van der Waals surface area contributed by atoms with Gasteiger partial charge in [0.2, 0.25) is 0 Å². The van der Waals surface area contributed by atoms with E-state index in [1.807, 2.05) is 10.6 Å². The summed E-state index contributed by atoms with van der Waals surface area (Å²) in [5.74, 6) is 0.775. The Hall–Kier alpha value is -1.31. The van der Waals surface area contributed by atoms with Gasteiger partial charge in [0.05, 0.1) is 24.2 Å². The Morgan fingerprint density at radius 2 is 2.33 bits per heavy atom. The largest absolute Gasteiger partial charge is 0.297 e. The lowest BCUT2D eigenvalue weighted by molar-refractivity contribution is 1.04. The van der Waals surface area contributed by atoms with Crippen molar-refractivity contribution in [2.24, 2.45) is 0 Å². The van der Waals surface area contributed by atoms with Crippen LogP contribution in [-0.4, -0.2) is 9.38 Å². The minimum absolute atomic E-state index is 0.775. The molecule has 2 nitrogen and oxygen atoms in total. The fourth-order valence-corrected chi connectivity index (χ4v) is 1.50. The number of aromatic nitrogens is 2. The highest BCUT2D eigenvalue weighted by molar-refractivity contribution is 5.45. The van der Waals surface area contributed by atoms with Crippen molar-refractivity contribution in [3.05, 3.63) is 36.4 Å². The molecule has 0 aromatic carbocycles. The summed E-state index contributed by atoms with van der Waals surface area (Å²) in [7, 11) is 0. The Labute approximate surface area is 70.9 Å². The normalized spacial score (nSPS) is 17.0. The molecule has 0 atom stereocenters. The van der Waals surface area contributed by atoms with Crippen LogP contribution < -0.4 is 0 Å². The molecule has 0 saturated heterocycles. The molecule has 1 aliphatic rings. The van der Waals surface area contributed by atoms with Gasteiger partial charge >= 0.3 is 0 Å². The van der Waals surface area contributed by atoms with Crippen molar-refractivity contribution < 1.29 is 0 Å². The Morgan fingerprint density at radius 3 is 3.17 bits per heavy atom. The van der Waals surface area contributed by atoms with E-state index in [1.54, 1.807) is 6.33 Å². The summed E-state index contributed by atoms with van der Waals surface area (Å²) in [6.45, 7) is 0. The van der Waals surface area contributed by atoms with Crippen LogP contribution in [0.4, 0.5) is 0 Å². The van der Waals surface area contributed by atoms with E-state index in [-0.39, 0.29) is 0 Å². The molecule has 0 aliphatic heterocycles. The average Bonchev–Trinajstić information content (AvgIpc) is 2.84. The quantitative estimate of drug-likeness (QED) is 0.619. The van der Waals surface area contributed by atoms with Gasteiger partial charge in [0.15, 0.2) is 0 Å². The molecule has 0 unspecified atom stereocenters. The maximum Gasteiger partial charge on any atom is 0.0997 e. The van der Waals surface area contributed by atoms with Crippen molar-refractivity contribution in [2.75, 3.05) is 0 Å². The van der Waals surface area contributed by atoms with E-state index >= 15 is 0 Å². The Balaban J connectivity index is 2.21. The molecule has 1 saturated carbocycles. The molecule has 2 heterocycles. The van der Waals surface area contributed by atoms with Crippen LogP contribution in [0, 0.1) is 6.20 Å². The molecule has 2 heteroatoms. The molecule has 1 radical (unpaired) electrons. The summed E-state index contributed by atoms with van der Waals surface area (Å²) in [5.41, 5.74) is 2.46. The van der Waals surface area contributed by atoms with Gasteiger partial charge in [-0.3, -0.25) is 4.40 Å².